The third-order valence-corrected chi connectivity index (χ3v) is 6.03. The summed E-state index contributed by atoms with van der Waals surface area (Å²) in [5.74, 6) is 1.05. The Hall–Kier alpha value is -1.69. The van der Waals surface area contributed by atoms with Gasteiger partial charge in [-0.05, 0) is 38.2 Å². The number of benzene rings is 1. The van der Waals surface area contributed by atoms with E-state index < -0.39 is 0 Å². The Labute approximate surface area is 149 Å². The molecule has 1 unspecified atom stereocenters. The first-order chi connectivity index (χ1) is 12.0. The minimum absolute atomic E-state index is 0.0389. The van der Waals surface area contributed by atoms with Crippen LogP contribution in [0.1, 0.15) is 44.5 Å². The lowest BCUT2D eigenvalue weighted by atomic mass is 9.71. The van der Waals surface area contributed by atoms with E-state index in [4.69, 9.17) is 10.5 Å². The summed E-state index contributed by atoms with van der Waals surface area (Å²) in [5.41, 5.74) is 8.54. The van der Waals surface area contributed by atoms with Gasteiger partial charge >= 0.3 is 0 Å². The third kappa shape index (κ3) is 3.12. The number of imidazole rings is 1. The van der Waals surface area contributed by atoms with Crippen LogP contribution in [0.5, 0.6) is 0 Å². The van der Waals surface area contributed by atoms with E-state index in [0.29, 0.717) is 6.61 Å². The fourth-order valence-corrected chi connectivity index (χ4v) is 4.15. The summed E-state index contributed by atoms with van der Waals surface area (Å²) < 4.78 is 8.32. The average Bonchev–Trinajstić information content (AvgIpc) is 3.03. The van der Waals surface area contributed by atoms with Gasteiger partial charge in [-0.25, -0.2) is 4.98 Å². The molecule has 1 aliphatic carbocycles. The lowest BCUT2D eigenvalue weighted by Gasteiger charge is -2.51. The van der Waals surface area contributed by atoms with Crippen LogP contribution in [0.25, 0.3) is 11.3 Å². The van der Waals surface area contributed by atoms with Gasteiger partial charge in [0.1, 0.15) is 5.82 Å². The van der Waals surface area contributed by atoms with E-state index in [-0.39, 0.29) is 17.2 Å². The van der Waals surface area contributed by atoms with Crippen molar-refractivity contribution in [1.29, 1.82) is 0 Å². The van der Waals surface area contributed by atoms with Crippen LogP contribution < -0.4 is 11.1 Å². The number of ether oxygens (including phenoxy) is 1. The summed E-state index contributed by atoms with van der Waals surface area (Å²) in [6.45, 7) is 3.73. The highest BCUT2D eigenvalue weighted by Gasteiger charge is 2.47. The van der Waals surface area contributed by atoms with Gasteiger partial charge in [-0.3, -0.25) is 0 Å². The molecular formula is C20H28N4O. The molecule has 0 amide bonds. The van der Waals surface area contributed by atoms with E-state index in [1.54, 1.807) is 0 Å². The highest BCUT2D eigenvalue weighted by Crippen LogP contribution is 2.42. The average molecular weight is 340 g/mol. The molecule has 2 aromatic rings. The van der Waals surface area contributed by atoms with Crippen molar-refractivity contribution in [3.05, 3.63) is 42.4 Å². The molecule has 25 heavy (non-hydrogen) atoms. The molecule has 5 rings (SSSR count). The van der Waals surface area contributed by atoms with Gasteiger partial charge in [0.05, 0.1) is 30.1 Å². The number of nitrogens with zero attached hydrogens (tertiary/aromatic N) is 2. The maximum Gasteiger partial charge on any atom is 0.125 e. The van der Waals surface area contributed by atoms with E-state index >= 15 is 0 Å². The first kappa shape index (κ1) is 16.8. The van der Waals surface area contributed by atoms with Crippen LogP contribution in [0.15, 0.2) is 36.5 Å². The van der Waals surface area contributed by atoms with Crippen molar-refractivity contribution in [3.63, 3.8) is 0 Å². The molecule has 2 aliphatic heterocycles. The summed E-state index contributed by atoms with van der Waals surface area (Å²) in [5, 5.41) is 3.65. The monoisotopic (exact) mass is 340 g/mol. The Balaban J connectivity index is 1.44. The second-order valence-corrected chi connectivity index (χ2v) is 7.86. The number of nitrogens with one attached hydrogen (secondary N) is 1. The highest BCUT2D eigenvalue weighted by molar-refractivity contribution is 5.59. The molecular weight excluding hydrogens is 312 g/mol. The topological polar surface area (TPSA) is 65.1 Å². The SMILES string of the molecule is CC(NCC12CCC(N)(CC1)CO2)c1ncc(-c2ccccc2)n1C. The number of nitrogens with two attached hydrogens (primary N) is 1. The molecule has 5 nitrogen and oxygen atoms in total. The van der Waals surface area contributed by atoms with Crippen molar-refractivity contribution in [3.8, 4) is 11.3 Å². The van der Waals surface area contributed by atoms with Crippen LogP contribution in [0.2, 0.25) is 0 Å². The number of fused-ring (bicyclic) bond motifs is 3. The largest absolute Gasteiger partial charge is 0.372 e. The first-order valence-electron chi connectivity index (χ1n) is 9.24. The first-order valence-corrected chi connectivity index (χ1v) is 9.24. The Morgan fingerprint density at radius 3 is 2.60 bits per heavy atom. The number of aromatic nitrogens is 2. The van der Waals surface area contributed by atoms with Crippen LogP contribution in [-0.2, 0) is 11.8 Å². The lowest BCUT2D eigenvalue weighted by Crippen LogP contribution is -2.62. The molecule has 3 heterocycles. The quantitative estimate of drug-likeness (QED) is 0.878. The molecule has 0 spiro atoms. The van der Waals surface area contributed by atoms with Gasteiger partial charge in [-0.1, -0.05) is 30.3 Å². The molecule has 3 fully saturated rings. The van der Waals surface area contributed by atoms with E-state index in [2.05, 4.69) is 53.1 Å². The van der Waals surface area contributed by atoms with Crippen LogP contribution >= 0.6 is 0 Å². The van der Waals surface area contributed by atoms with Crippen LogP contribution in [0.4, 0.5) is 0 Å². The maximum absolute atomic E-state index is 6.32. The summed E-state index contributed by atoms with van der Waals surface area (Å²) in [4.78, 5) is 4.66. The molecule has 1 saturated carbocycles. The van der Waals surface area contributed by atoms with E-state index in [1.807, 2.05) is 12.3 Å². The summed E-state index contributed by atoms with van der Waals surface area (Å²) in [7, 11) is 2.08. The molecule has 3 N–H and O–H groups in total. The molecule has 1 atom stereocenters. The molecule has 3 aliphatic rings. The molecule has 1 aromatic heterocycles. The lowest BCUT2D eigenvalue weighted by molar-refractivity contribution is -0.151. The predicted octanol–water partition coefficient (Wildman–Crippen LogP) is 2.78. The number of rotatable bonds is 5. The molecule has 2 bridgehead atoms. The molecule has 134 valence electrons. The van der Waals surface area contributed by atoms with Crippen molar-refractivity contribution >= 4 is 0 Å². The minimum atomic E-state index is -0.0718. The van der Waals surface area contributed by atoms with Crippen molar-refractivity contribution in [2.45, 2.75) is 49.8 Å². The van der Waals surface area contributed by atoms with Crippen molar-refractivity contribution < 1.29 is 4.74 Å². The van der Waals surface area contributed by atoms with Gasteiger partial charge in [0, 0.05) is 19.1 Å². The second kappa shape index (κ2) is 6.24. The van der Waals surface area contributed by atoms with Gasteiger partial charge in [-0.15, -0.1) is 0 Å². The number of hydrogen-bond acceptors (Lipinski definition) is 4. The normalized spacial score (nSPS) is 29.7. The third-order valence-electron chi connectivity index (χ3n) is 6.03. The zero-order valence-corrected chi connectivity index (χ0v) is 15.2. The summed E-state index contributed by atoms with van der Waals surface area (Å²) in [6, 6.07) is 10.6. The van der Waals surface area contributed by atoms with E-state index in [9.17, 15) is 0 Å². The van der Waals surface area contributed by atoms with Gasteiger partial charge in [0.15, 0.2) is 0 Å². The Morgan fingerprint density at radius 1 is 1.24 bits per heavy atom. The second-order valence-electron chi connectivity index (χ2n) is 7.86. The molecule has 5 heteroatoms. The Bertz CT molecular complexity index is 715. The molecule has 2 saturated heterocycles. The zero-order valence-electron chi connectivity index (χ0n) is 15.2. The van der Waals surface area contributed by atoms with Crippen LogP contribution in [-0.4, -0.2) is 33.8 Å². The van der Waals surface area contributed by atoms with E-state index in [0.717, 1.165) is 43.7 Å². The summed E-state index contributed by atoms with van der Waals surface area (Å²) in [6.07, 6.45) is 6.22. The zero-order chi connectivity index (χ0) is 17.5. The van der Waals surface area contributed by atoms with Crippen LogP contribution in [0, 0.1) is 0 Å². The van der Waals surface area contributed by atoms with E-state index in [1.165, 1.54) is 5.56 Å². The smallest absolute Gasteiger partial charge is 0.125 e. The Morgan fingerprint density at radius 2 is 1.96 bits per heavy atom. The van der Waals surface area contributed by atoms with Crippen molar-refractivity contribution in [2.24, 2.45) is 12.8 Å². The number of hydrogen-bond donors (Lipinski definition) is 2. The van der Waals surface area contributed by atoms with Crippen LogP contribution in [0.3, 0.4) is 0 Å². The minimum Gasteiger partial charge on any atom is -0.372 e. The fraction of sp³-hybridized carbons (Fsp3) is 0.550. The molecule has 1 aromatic carbocycles. The fourth-order valence-electron chi connectivity index (χ4n) is 4.15. The highest BCUT2D eigenvalue weighted by atomic mass is 16.5. The standard InChI is InChI=1S/C20H28N4O/c1-15(23-13-20-10-8-19(21,9-11-20)14-25-20)18-22-12-17(24(18)2)16-6-4-3-5-7-16/h3-7,12,15,23H,8-11,13-14,21H2,1-2H3. The van der Waals surface area contributed by atoms with Crippen molar-refractivity contribution in [2.75, 3.05) is 13.2 Å². The maximum atomic E-state index is 6.32. The van der Waals surface area contributed by atoms with Gasteiger partial charge in [0.2, 0.25) is 0 Å². The Kier molecular flexibility index (Phi) is 4.18. The predicted molar refractivity (Wildman–Crippen MR) is 99.1 cm³/mol. The van der Waals surface area contributed by atoms with Gasteiger partial charge in [-0.2, -0.15) is 0 Å². The van der Waals surface area contributed by atoms with Crippen molar-refractivity contribution in [1.82, 2.24) is 14.9 Å². The molecule has 0 radical (unpaired) electrons. The summed E-state index contributed by atoms with van der Waals surface area (Å²) >= 11 is 0. The van der Waals surface area contributed by atoms with Gasteiger partial charge in [0.25, 0.3) is 0 Å². The van der Waals surface area contributed by atoms with Gasteiger partial charge < -0.3 is 20.4 Å².